The number of anilines is 5. The molecule has 0 aliphatic rings. The van der Waals surface area contributed by atoms with E-state index < -0.39 is 0 Å². The maximum Gasteiger partial charge on any atom is 0.231 e. The van der Waals surface area contributed by atoms with E-state index in [4.69, 9.17) is 0 Å². The van der Waals surface area contributed by atoms with Crippen LogP contribution in [0.3, 0.4) is 0 Å². The second kappa shape index (κ2) is 10.6. The molecule has 0 aliphatic heterocycles. The number of amides is 1. The van der Waals surface area contributed by atoms with Gasteiger partial charge in [-0.05, 0) is 62.2 Å². The van der Waals surface area contributed by atoms with Crippen LogP contribution in [0, 0.1) is 13.8 Å². The van der Waals surface area contributed by atoms with Crippen molar-refractivity contribution in [1.82, 2.24) is 9.97 Å². The molecule has 0 spiro atoms. The van der Waals surface area contributed by atoms with Crippen LogP contribution in [0.2, 0.25) is 0 Å². The normalized spacial score (nSPS) is 11.5. The van der Waals surface area contributed by atoms with Gasteiger partial charge in [0.1, 0.15) is 5.82 Å². The molecule has 3 N–H and O–H groups in total. The lowest BCUT2D eigenvalue weighted by atomic mass is 9.95. The van der Waals surface area contributed by atoms with Gasteiger partial charge in [-0.3, -0.25) is 4.79 Å². The molecule has 1 amide bonds. The molecule has 6 heteroatoms. The molecule has 0 aliphatic carbocycles. The predicted octanol–water partition coefficient (Wildman–Crippen LogP) is 6.71. The maximum atomic E-state index is 12.8. The second-order valence-electron chi connectivity index (χ2n) is 8.27. The fourth-order valence-corrected chi connectivity index (χ4v) is 3.73. The van der Waals surface area contributed by atoms with Gasteiger partial charge in [0, 0.05) is 28.8 Å². The van der Waals surface area contributed by atoms with Gasteiger partial charge in [-0.25, -0.2) is 4.98 Å². The zero-order valence-electron chi connectivity index (χ0n) is 19.7. The van der Waals surface area contributed by atoms with Crippen molar-refractivity contribution in [2.24, 2.45) is 0 Å². The van der Waals surface area contributed by atoms with Crippen LogP contribution in [0.25, 0.3) is 0 Å². The first-order valence-electron chi connectivity index (χ1n) is 11.4. The number of hydrogen-bond acceptors (Lipinski definition) is 5. The van der Waals surface area contributed by atoms with Gasteiger partial charge in [-0.1, -0.05) is 55.0 Å². The van der Waals surface area contributed by atoms with Crippen molar-refractivity contribution in [3.63, 3.8) is 0 Å². The molecule has 4 rings (SSSR count). The minimum absolute atomic E-state index is 0.0109. The summed E-state index contributed by atoms with van der Waals surface area (Å²) in [5, 5.41) is 9.59. The fourth-order valence-electron chi connectivity index (χ4n) is 3.73. The molecule has 0 unspecified atom stereocenters. The molecular formula is C28H29N5O. The van der Waals surface area contributed by atoms with E-state index in [2.05, 4.69) is 45.0 Å². The monoisotopic (exact) mass is 451 g/mol. The van der Waals surface area contributed by atoms with Gasteiger partial charge in [-0.2, -0.15) is 4.98 Å². The first-order chi connectivity index (χ1) is 16.5. The minimum Gasteiger partial charge on any atom is -0.340 e. The zero-order valence-corrected chi connectivity index (χ0v) is 19.7. The topological polar surface area (TPSA) is 78.9 Å². The molecule has 1 heterocycles. The average Bonchev–Trinajstić information content (AvgIpc) is 2.83. The van der Waals surface area contributed by atoms with Crippen molar-refractivity contribution in [2.75, 3.05) is 16.0 Å². The Labute approximate surface area is 200 Å². The molecule has 0 fully saturated rings. The van der Waals surface area contributed by atoms with E-state index in [-0.39, 0.29) is 11.8 Å². The van der Waals surface area contributed by atoms with Crippen LogP contribution < -0.4 is 16.0 Å². The maximum absolute atomic E-state index is 12.8. The Morgan fingerprint density at radius 1 is 0.794 bits per heavy atom. The summed E-state index contributed by atoms with van der Waals surface area (Å²) in [5.74, 6) is 1.03. The third-order valence-corrected chi connectivity index (χ3v) is 5.51. The number of aryl methyl sites for hydroxylation is 2. The lowest BCUT2D eigenvalue weighted by Crippen LogP contribution is -2.20. The molecule has 0 saturated carbocycles. The van der Waals surface area contributed by atoms with E-state index in [0.29, 0.717) is 11.8 Å². The molecule has 0 radical (unpaired) electrons. The Morgan fingerprint density at radius 2 is 1.41 bits per heavy atom. The largest absolute Gasteiger partial charge is 0.340 e. The van der Waals surface area contributed by atoms with Crippen LogP contribution >= 0.6 is 0 Å². The van der Waals surface area contributed by atoms with E-state index in [1.165, 1.54) is 5.56 Å². The first kappa shape index (κ1) is 23.0. The molecule has 1 atom stereocenters. The van der Waals surface area contributed by atoms with Crippen molar-refractivity contribution >= 4 is 34.7 Å². The van der Waals surface area contributed by atoms with Crippen molar-refractivity contribution in [2.45, 2.75) is 33.1 Å². The summed E-state index contributed by atoms with van der Waals surface area (Å²) in [6, 6.07) is 27.5. The van der Waals surface area contributed by atoms with Gasteiger partial charge in [0.05, 0.1) is 5.92 Å². The molecular weight excluding hydrogens is 422 g/mol. The standard InChI is InChI=1S/C28H29N5O/c1-4-25(21-8-6-5-7-9-21)27(34)31-23-14-16-24(17-15-23)32-28-29-20(3)18-26(33-28)30-22-12-10-19(2)11-13-22/h5-18,25H,4H2,1-3H3,(H,31,34)(H2,29,30,32,33)/t25-/m1/s1. The number of carbonyl (C=O) groups is 1. The van der Waals surface area contributed by atoms with Gasteiger partial charge < -0.3 is 16.0 Å². The molecule has 1 aromatic heterocycles. The summed E-state index contributed by atoms with van der Waals surface area (Å²) in [4.78, 5) is 21.9. The second-order valence-corrected chi connectivity index (χ2v) is 8.27. The summed E-state index contributed by atoms with van der Waals surface area (Å²) in [7, 11) is 0. The van der Waals surface area contributed by atoms with Crippen LogP contribution in [-0.4, -0.2) is 15.9 Å². The molecule has 6 nitrogen and oxygen atoms in total. The number of aromatic nitrogens is 2. The number of nitrogens with one attached hydrogen (secondary N) is 3. The smallest absolute Gasteiger partial charge is 0.231 e. The third kappa shape index (κ3) is 5.98. The van der Waals surface area contributed by atoms with Crippen molar-refractivity contribution in [3.8, 4) is 0 Å². The third-order valence-electron chi connectivity index (χ3n) is 5.51. The highest BCUT2D eigenvalue weighted by Crippen LogP contribution is 2.24. The summed E-state index contributed by atoms with van der Waals surface area (Å²) in [6.07, 6.45) is 0.735. The van der Waals surface area contributed by atoms with Crippen LogP contribution in [0.5, 0.6) is 0 Å². The van der Waals surface area contributed by atoms with Gasteiger partial charge in [0.25, 0.3) is 0 Å². The highest BCUT2D eigenvalue weighted by molar-refractivity contribution is 5.96. The average molecular weight is 452 g/mol. The van der Waals surface area contributed by atoms with E-state index in [0.717, 1.165) is 34.7 Å². The highest BCUT2D eigenvalue weighted by Gasteiger charge is 2.18. The lowest BCUT2D eigenvalue weighted by Gasteiger charge is -2.16. The molecule has 34 heavy (non-hydrogen) atoms. The lowest BCUT2D eigenvalue weighted by molar-refractivity contribution is -0.117. The van der Waals surface area contributed by atoms with Gasteiger partial charge in [-0.15, -0.1) is 0 Å². The van der Waals surface area contributed by atoms with Crippen LogP contribution in [0.15, 0.2) is 84.9 Å². The van der Waals surface area contributed by atoms with Crippen molar-refractivity contribution in [1.29, 1.82) is 0 Å². The van der Waals surface area contributed by atoms with Crippen molar-refractivity contribution in [3.05, 3.63) is 102 Å². The fraction of sp³-hybridized carbons (Fsp3) is 0.179. The Kier molecular flexibility index (Phi) is 7.18. The Balaban J connectivity index is 1.42. The number of benzene rings is 3. The van der Waals surface area contributed by atoms with Crippen LogP contribution in [0.4, 0.5) is 28.8 Å². The summed E-state index contributed by atoms with van der Waals surface area (Å²) in [5.41, 5.74) is 5.62. The zero-order chi connectivity index (χ0) is 23.9. The number of carbonyl (C=O) groups excluding carboxylic acids is 1. The minimum atomic E-state index is -0.181. The number of nitrogens with zero attached hydrogens (tertiary/aromatic N) is 2. The quantitative estimate of drug-likeness (QED) is 0.277. The Hall–Kier alpha value is -4.19. The first-order valence-corrected chi connectivity index (χ1v) is 11.4. The van der Waals surface area contributed by atoms with Gasteiger partial charge in [0.15, 0.2) is 0 Å². The number of hydrogen-bond donors (Lipinski definition) is 3. The van der Waals surface area contributed by atoms with E-state index >= 15 is 0 Å². The molecule has 172 valence electrons. The number of rotatable bonds is 8. The van der Waals surface area contributed by atoms with Gasteiger partial charge >= 0.3 is 0 Å². The van der Waals surface area contributed by atoms with Crippen molar-refractivity contribution < 1.29 is 4.79 Å². The van der Waals surface area contributed by atoms with E-state index in [1.807, 2.05) is 86.6 Å². The molecule has 0 saturated heterocycles. The Bertz CT molecular complexity index is 1240. The highest BCUT2D eigenvalue weighted by atomic mass is 16.1. The van der Waals surface area contributed by atoms with Gasteiger partial charge in [0.2, 0.25) is 11.9 Å². The molecule has 0 bridgehead atoms. The van der Waals surface area contributed by atoms with Crippen LogP contribution in [0.1, 0.15) is 36.1 Å². The summed E-state index contributed by atoms with van der Waals surface area (Å²) in [6.45, 7) is 6.01. The summed E-state index contributed by atoms with van der Waals surface area (Å²) >= 11 is 0. The summed E-state index contributed by atoms with van der Waals surface area (Å²) < 4.78 is 0. The molecule has 3 aromatic carbocycles. The van der Waals surface area contributed by atoms with E-state index in [9.17, 15) is 4.79 Å². The molecule has 4 aromatic rings. The SMILES string of the molecule is CC[C@@H](C(=O)Nc1ccc(Nc2nc(C)cc(Nc3ccc(C)cc3)n2)cc1)c1ccccc1. The van der Waals surface area contributed by atoms with E-state index in [1.54, 1.807) is 0 Å². The Morgan fingerprint density at radius 3 is 2.09 bits per heavy atom. The van der Waals surface area contributed by atoms with Crippen LogP contribution in [-0.2, 0) is 4.79 Å². The predicted molar refractivity (Wildman–Crippen MR) is 139 cm³/mol.